The Kier molecular flexibility index (Phi) is 9.03. The summed E-state index contributed by atoms with van der Waals surface area (Å²) in [5, 5.41) is 9.85. The molecule has 0 radical (unpaired) electrons. The highest BCUT2D eigenvalue weighted by Crippen LogP contribution is 2.49. The first-order valence-corrected chi connectivity index (χ1v) is 15.6. The summed E-state index contributed by atoms with van der Waals surface area (Å²) in [6.45, 7) is 0.794. The van der Waals surface area contributed by atoms with Crippen LogP contribution in [0.4, 0.5) is 37.3 Å². The highest BCUT2D eigenvalue weighted by Gasteiger charge is 2.71. The van der Waals surface area contributed by atoms with Crippen molar-refractivity contribution in [3.05, 3.63) is 30.1 Å². The second-order valence-corrected chi connectivity index (χ2v) is 14.2. The molecule has 1 fully saturated rings. The first-order chi connectivity index (χ1) is 18.2. The maximum Gasteiger partial charge on any atom is 0.430 e. The number of nitrogens with zero attached hydrogens (tertiary/aromatic N) is 5. The van der Waals surface area contributed by atoms with Gasteiger partial charge in [0, 0.05) is 50.7 Å². The molecule has 2 aromatic heterocycles. The van der Waals surface area contributed by atoms with Crippen LogP contribution < -0.4 is 10.6 Å². The van der Waals surface area contributed by atoms with Crippen LogP contribution in [0.2, 0.25) is 0 Å². The molecular formula is C20H26F6N6O5S3. The molecular weight excluding hydrogens is 614 g/mol. The van der Waals surface area contributed by atoms with E-state index >= 15 is 0 Å². The molecule has 0 spiro atoms. The molecule has 11 nitrogen and oxygen atoms in total. The van der Waals surface area contributed by atoms with Crippen molar-refractivity contribution < 1.29 is 48.3 Å². The van der Waals surface area contributed by atoms with Gasteiger partial charge in [-0.25, -0.2) is 31.1 Å². The number of halogens is 6. The molecule has 20 heteroatoms. The van der Waals surface area contributed by atoms with E-state index in [1.807, 2.05) is 0 Å². The Bertz CT molecular complexity index is 1390. The molecule has 0 bridgehead atoms. The molecule has 0 amide bonds. The summed E-state index contributed by atoms with van der Waals surface area (Å²) < 4.78 is 133. The zero-order valence-electron chi connectivity index (χ0n) is 21.0. The third-order valence-corrected chi connectivity index (χ3v) is 10.6. The number of thiophene rings is 1. The predicted molar refractivity (Wildman–Crippen MR) is 133 cm³/mol. The Balaban J connectivity index is 2.01. The Morgan fingerprint density at radius 2 is 1.65 bits per heavy atom. The smallest absolute Gasteiger partial charge is 0.391 e. The standard InChI is InChI=1S/C20H26F6N6O5S3/c1-3-6-30(39(2,34)35)11-14-12-31(40(36,37)16-5-4-15(27)38-16)7-8-32(14)17-28-9-13(10-29-17)18(33,19(21,22)23)20(24,25)26/h4-5,9-10,14,33H,3,6-8,11-12,27H2,1-2H3/t14-/m1/s1. The zero-order chi connectivity index (χ0) is 30.3. The average Bonchev–Trinajstić information content (AvgIpc) is 3.28. The molecule has 40 heavy (non-hydrogen) atoms. The number of nitrogen functional groups attached to an aromatic ring is 1. The Hall–Kier alpha value is -2.26. The minimum atomic E-state index is -6.14. The predicted octanol–water partition coefficient (Wildman–Crippen LogP) is 1.98. The number of piperazine rings is 1. The summed E-state index contributed by atoms with van der Waals surface area (Å²) in [6, 6.07) is 1.72. The number of sulfonamides is 2. The summed E-state index contributed by atoms with van der Waals surface area (Å²) >= 11 is 0.817. The summed E-state index contributed by atoms with van der Waals surface area (Å²) in [6.07, 6.45) is -10.6. The lowest BCUT2D eigenvalue weighted by molar-refractivity contribution is -0.376. The van der Waals surface area contributed by atoms with E-state index in [0.29, 0.717) is 6.42 Å². The fourth-order valence-electron chi connectivity index (χ4n) is 4.09. The van der Waals surface area contributed by atoms with Gasteiger partial charge in [-0.05, 0) is 18.6 Å². The van der Waals surface area contributed by atoms with Gasteiger partial charge < -0.3 is 15.7 Å². The normalized spacial score (nSPS) is 18.4. The van der Waals surface area contributed by atoms with Gasteiger partial charge in [-0.2, -0.15) is 30.6 Å². The van der Waals surface area contributed by atoms with Gasteiger partial charge in [-0.3, -0.25) is 0 Å². The van der Waals surface area contributed by atoms with E-state index in [9.17, 15) is 48.3 Å². The number of anilines is 2. The molecule has 0 saturated carbocycles. The molecule has 2 aromatic rings. The first kappa shape index (κ1) is 32.3. The number of hydrogen-bond acceptors (Lipinski definition) is 10. The largest absolute Gasteiger partial charge is 0.430 e. The lowest BCUT2D eigenvalue weighted by Crippen LogP contribution is -2.59. The van der Waals surface area contributed by atoms with Crippen molar-refractivity contribution in [2.75, 3.05) is 49.6 Å². The van der Waals surface area contributed by atoms with Gasteiger partial charge in [0.1, 0.15) is 4.21 Å². The van der Waals surface area contributed by atoms with Crippen molar-refractivity contribution in [2.45, 2.75) is 41.5 Å². The molecule has 3 rings (SSSR count). The van der Waals surface area contributed by atoms with Crippen molar-refractivity contribution in [2.24, 2.45) is 0 Å². The number of aliphatic hydroxyl groups is 1. The molecule has 1 aliphatic heterocycles. The fourth-order valence-corrected chi connectivity index (χ4v) is 7.76. The minimum Gasteiger partial charge on any atom is -0.391 e. The van der Waals surface area contributed by atoms with Crippen LogP contribution in [0.25, 0.3) is 0 Å². The zero-order valence-corrected chi connectivity index (χ0v) is 23.5. The summed E-state index contributed by atoms with van der Waals surface area (Å²) in [4.78, 5) is 8.53. The highest BCUT2D eigenvalue weighted by atomic mass is 32.2. The van der Waals surface area contributed by atoms with Crippen LogP contribution in [0.5, 0.6) is 0 Å². The van der Waals surface area contributed by atoms with Crippen LogP contribution in [0.1, 0.15) is 18.9 Å². The molecule has 1 aliphatic rings. The Labute approximate surface area is 230 Å². The molecule has 3 N–H and O–H groups in total. The van der Waals surface area contributed by atoms with E-state index in [2.05, 4.69) is 9.97 Å². The monoisotopic (exact) mass is 640 g/mol. The molecule has 0 unspecified atom stereocenters. The molecule has 0 aliphatic carbocycles. The maximum atomic E-state index is 13.3. The Morgan fingerprint density at radius 3 is 2.10 bits per heavy atom. The average molecular weight is 641 g/mol. The summed E-state index contributed by atoms with van der Waals surface area (Å²) in [5.41, 5.74) is -1.26. The number of hydrogen-bond donors (Lipinski definition) is 2. The van der Waals surface area contributed by atoms with E-state index in [0.717, 1.165) is 26.2 Å². The van der Waals surface area contributed by atoms with Crippen LogP contribution in [0.15, 0.2) is 28.7 Å². The first-order valence-electron chi connectivity index (χ1n) is 11.5. The van der Waals surface area contributed by atoms with E-state index in [1.165, 1.54) is 17.0 Å². The van der Waals surface area contributed by atoms with Crippen molar-refractivity contribution >= 4 is 42.3 Å². The Morgan fingerprint density at radius 1 is 1.07 bits per heavy atom. The summed E-state index contributed by atoms with van der Waals surface area (Å²) in [5.74, 6) is -0.386. The van der Waals surface area contributed by atoms with Gasteiger partial charge in [0.2, 0.25) is 16.0 Å². The van der Waals surface area contributed by atoms with Crippen LogP contribution in [-0.2, 0) is 25.6 Å². The van der Waals surface area contributed by atoms with E-state index in [4.69, 9.17) is 5.73 Å². The van der Waals surface area contributed by atoms with Crippen molar-refractivity contribution in [3.8, 4) is 0 Å². The second-order valence-electron chi connectivity index (χ2n) is 8.97. The summed E-state index contributed by atoms with van der Waals surface area (Å²) in [7, 11) is -7.86. The van der Waals surface area contributed by atoms with Gasteiger partial charge in [0.05, 0.1) is 17.3 Å². The van der Waals surface area contributed by atoms with Gasteiger partial charge in [0.15, 0.2) is 0 Å². The molecule has 226 valence electrons. The number of aromatic nitrogens is 2. The van der Waals surface area contributed by atoms with Gasteiger partial charge in [0.25, 0.3) is 15.6 Å². The van der Waals surface area contributed by atoms with E-state index < -0.39 is 49.6 Å². The van der Waals surface area contributed by atoms with E-state index in [-0.39, 0.29) is 60.3 Å². The lowest BCUT2D eigenvalue weighted by atomic mass is 9.95. The van der Waals surface area contributed by atoms with Gasteiger partial charge >= 0.3 is 12.4 Å². The topological polar surface area (TPSA) is 150 Å². The van der Waals surface area contributed by atoms with Crippen LogP contribution in [0, 0.1) is 0 Å². The number of nitrogens with two attached hydrogens (primary N) is 1. The van der Waals surface area contributed by atoms with Crippen molar-refractivity contribution in [1.29, 1.82) is 0 Å². The third kappa shape index (κ3) is 6.30. The van der Waals surface area contributed by atoms with Gasteiger partial charge in [-0.15, -0.1) is 11.3 Å². The lowest BCUT2D eigenvalue weighted by Gasteiger charge is -2.42. The molecule has 1 saturated heterocycles. The van der Waals surface area contributed by atoms with Crippen LogP contribution in [-0.4, -0.2) is 97.9 Å². The van der Waals surface area contributed by atoms with Crippen molar-refractivity contribution in [3.63, 3.8) is 0 Å². The quantitative estimate of drug-likeness (QED) is 0.393. The van der Waals surface area contributed by atoms with Crippen LogP contribution >= 0.6 is 11.3 Å². The molecule has 3 heterocycles. The minimum absolute atomic E-state index is 0.0569. The second kappa shape index (κ2) is 11.2. The van der Waals surface area contributed by atoms with Crippen molar-refractivity contribution in [1.82, 2.24) is 18.6 Å². The fraction of sp³-hybridized carbons (Fsp3) is 0.600. The molecule has 0 aromatic carbocycles. The maximum absolute atomic E-state index is 13.3. The molecule has 1 atom stereocenters. The van der Waals surface area contributed by atoms with Gasteiger partial charge in [-0.1, -0.05) is 6.92 Å². The SMILES string of the molecule is CCCN(C[C@@H]1CN(S(=O)(=O)c2ccc(N)s2)CCN1c1ncc(C(O)(C(F)(F)F)C(F)(F)F)cn1)S(C)(=O)=O. The van der Waals surface area contributed by atoms with Crippen LogP contribution in [0.3, 0.4) is 0 Å². The number of rotatable bonds is 9. The van der Waals surface area contributed by atoms with E-state index in [1.54, 1.807) is 6.92 Å². The third-order valence-electron chi connectivity index (χ3n) is 6.13. The highest BCUT2D eigenvalue weighted by molar-refractivity contribution is 7.91. The number of alkyl halides is 6.